The molecular formula is C16H19FN2O4S. The van der Waals surface area contributed by atoms with Gasteiger partial charge in [-0.25, -0.2) is 4.39 Å². The van der Waals surface area contributed by atoms with Crippen molar-refractivity contribution in [1.82, 2.24) is 5.32 Å². The molecule has 0 saturated carbocycles. The number of halogens is 1. The van der Waals surface area contributed by atoms with Crippen LogP contribution in [0.15, 0.2) is 36.9 Å². The number of thioether (sulfide) groups is 1. The highest BCUT2D eigenvalue weighted by molar-refractivity contribution is 8.00. The number of anilines is 1. The molecule has 1 aromatic carbocycles. The van der Waals surface area contributed by atoms with Crippen molar-refractivity contribution in [2.24, 2.45) is 0 Å². The standard InChI is InChI=1S/C16H19FN2O4S/c1-3-8-18-16(22)11(2)23-15(21)10-24-9-14(20)19-13-6-4-12(17)5-7-13/h3-7,11H,1,8-10H2,2H3,(H,18,22)(H,19,20)/t11-/m0/s1. The molecule has 0 aliphatic carbocycles. The molecule has 2 amide bonds. The van der Waals surface area contributed by atoms with Gasteiger partial charge < -0.3 is 15.4 Å². The first-order chi connectivity index (χ1) is 11.4. The molecule has 130 valence electrons. The van der Waals surface area contributed by atoms with Gasteiger partial charge in [0, 0.05) is 12.2 Å². The highest BCUT2D eigenvalue weighted by Crippen LogP contribution is 2.10. The number of amides is 2. The molecule has 6 nitrogen and oxygen atoms in total. The first kappa shape index (κ1) is 19.7. The summed E-state index contributed by atoms with van der Waals surface area (Å²) in [5.74, 6) is -1.75. The lowest BCUT2D eigenvalue weighted by molar-refractivity contribution is -0.152. The smallest absolute Gasteiger partial charge is 0.316 e. The zero-order chi connectivity index (χ0) is 17.9. The van der Waals surface area contributed by atoms with Crippen LogP contribution in [0.2, 0.25) is 0 Å². The fraction of sp³-hybridized carbons (Fsp3) is 0.312. The fourth-order valence-corrected chi connectivity index (χ4v) is 2.15. The van der Waals surface area contributed by atoms with Crippen molar-refractivity contribution >= 4 is 35.2 Å². The van der Waals surface area contributed by atoms with E-state index in [0.29, 0.717) is 12.2 Å². The van der Waals surface area contributed by atoms with E-state index in [1.807, 2.05) is 0 Å². The summed E-state index contributed by atoms with van der Waals surface area (Å²) in [6.07, 6.45) is 0.605. The molecule has 0 saturated heterocycles. The van der Waals surface area contributed by atoms with E-state index in [9.17, 15) is 18.8 Å². The molecule has 0 bridgehead atoms. The van der Waals surface area contributed by atoms with Crippen LogP contribution >= 0.6 is 11.8 Å². The van der Waals surface area contributed by atoms with Crippen molar-refractivity contribution in [3.63, 3.8) is 0 Å². The van der Waals surface area contributed by atoms with E-state index >= 15 is 0 Å². The Balaban J connectivity index is 2.24. The number of nitrogens with one attached hydrogen (secondary N) is 2. The summed E-state index contributed by atoms with van der Waals surface area (Å²) in [7, 11) is 0. The zero-order valence-electron chi connectivity index (χ0n) is 13.2. The third-order valence-corrected chi connectivity index (χ3v) is 3.59. The molecule has 0 aliphatic rings. The van der Waals surface area contributed by atoms with Crippen LogP contribution in [0.5, 0.6) is 0 Å². The summed E-state index contributed by atoms with van der Waals surface area (Å²) < 4.78 is 17.7. The maximum atomic E-state index is 12.7. The van der Waals surface area contributed by atoms with Gasteiger partial charge in [-0.2, -0.15) is 0 Å². The number of hydrogen-bond acceptors (Lipinski definition) is 5. The summed E-state index contributed by atoms with van der Waals surface area (Å²) >= 11 is 1.05. The van der Waals surface area contributed by atoms with Crippen molar-refractivity contribution in [3.05, 3.63) is 42.7 Å². The van der Waals surface area contributed by atoms with Gasteiger partial charge in [-0.3, -0.25) is 14.4 Å². The highest BCUT2D eigenvalue weighted by atomic mass is 32.2. The zero-order valence-corrected chi connectivity index (χ0v) is 14.0. The lowest BCUT2D eigenvalue weighted by Gasteiger charge is -2.12. The van der Waals surface area contributed by atoms with Crippen LogP contribution in [0.1, 0.15) is 6.92 Å². The Morgan fingerprint density at radius 3 is 2.58 bits per heavy atom. The summed E-state index contributed by atoms with van der Waals surface area (Å²) in [5.41, 5.74) is 0.470. The molecule has 0 aromatic heterocycles. The molecular weight excluding hydrogens is 335 g/mol. The van der Waals surface area contributed by atoms with Crippen molar-refractivity contribution < 1.29 is 23.5 Å². The second kappa shape index (κ2) is 10.4. The number of benzene rings is 1. The molecule has 24 heavy (non-hydrogen) atoms. The van der Waals surface area contributed by atoms with Crippen LogP contribution in [0.25, 0.3) is 0 Å². The predicted molar refractivity (Wildman–Crippen MR) is 91.1 cm³/mol. The van der Waals surface area contributed by atoms with Gasteiger partial charge in [-0.05, 0) is 31.2 Å². The monoisotopic (exact) mass is 354 g/mol. The third-order valence-electron chi connectivity index (χ3n) is 2.68. The van der Waals surface area contributed by atoms with Gasteiger partial charge in [0.05, 0.1) is 11.5 Å². The average Bonchev–Trinajstić information content (AvgIpc) is 2.54. The van der Waals surface area contributed by atoms with Gasteiger partial charge in [0.25, 0.3) is 5.91 Å². The second-order valence-electron chi connectivity index (χ2n) is 4.71. The Labute approximate surface area is 143 Å². The minimum Gasteiger partial charge on any atom is -0.452 e. The number of rotatable bonds is 9. The number of esters is 1. The van der Waals surface area contributed by atoms with Gasteiger partial charge in [0.2, 0.25) is 5.91 Å². The Hall–Kier alpha value is -2.35. The Morgan fingerprint density at radius 2 is 1.96 bits per heavy atom. The SMILES string of the molecule is C=CCNC(=O)[C@H](C)OC(=O)CSCC(=O)Nc1ccc(F)cc1. The van der Waals surface area contributed by atoms with E-state index in [4.69, 9.17) is 4.74 Å². The molecule has 0 spiro atoms. The normalized spacial score (nSPS) is 11.2. The number of hydrogen-bond donors (Lipinski definition) is 2. The summed E-state index contributed by atoms with van der Waals surface area (Å²) in [6.45, 7) is 5.21. The first-order valence-corrected chi connectivity index (χ1v) is 8.29. The molecule has 2 N–H and O–H groups in total. The molecule has 0 unspecified atom stereocenters. The van der Waals surface area contributed by atoms with E-state index < -0.39 is 23.8 Å². The minimum absolute atomic E-state index is 0.0313. The summed E-state index contributed by atoms with van der Waals surface area (Å²) in [5, 5.41) is 5.08. The van der Waals surface area contributed by atoms with E-state index in [-0.39, 0.29) is 17.4 Å². The first-order valence-electron chi connectivity index (χ1n) is 7.13. The van der Waals surface area contributed by atoms with Crippen molar-refractivity contribution in [1.29, 1.82) is 0 Å². The van der Waals surface area contributed by atoms with E-state index in [1.165, 1.54) is 37.3 Å². The molecule has 1 aromatic rings. The molecule has 1 rings (SSSR count). The van der Waals surface area contributed by atoms with Gasteiger partial charge in [0.15, 0.2) is 6.10 Å². The number of carbonyl (C=O) groups excluding carboxylic acids is 3. The average molecular weight is 354 g/mol. The Bertz CT molecular complexity index is 592. The van der Waals surface area contributed by atoms with E-state index in [2.05, 4.69) is 17.2 Å². The number of ether oxygens (including phenoxy) is 1. The van der Waals surface area contributed by atoms with E-state index in [0.717, 1.165) is 11.8 Å². The van der Waals surface area contributed by atoms with Crippen molar-refractivity contribution in [3.8, 4) is 0 Å². The van der Waals surface area contributed by atoms with Gasteiger partial charge in [-0.1, -0.05) is 6.08 Å². The van der Waals surface area contributed by atoms with Crippen molar-refractivity contribution in [2.45, 2.75) is 13.0 Å². The molecule has 0 aliphatic heterocycles. The van der Waals surface area contributed by atoms with Crippen molar-refractivity contribution in [2.75, 3.05) is 23.4 Å². The quantitative estimate of drug-likeness (QED) is 0.521. The lowest BCUT2D eigenvalue weighted by Crippen LogP contribution is -2.36. The minimum atomic E-state index is -0.911. The lowest BCUT2D eigenvalue weighted by atomic mass is 10.3. The third kappa shape index (κ3) is 7.77. The Morgan fingerprint density at radius 1 is 1.29 bits per heavy atom. The van der Waals surface area contributed by atoms with Crippen LogP contribution in [0.4, 0.5) is 10.1 Å². The Kier molecular flexibility index (Phi) is 8.56. The van der Waals surface area contributed by atoms with Crippen LogP contribution in [-0.2, 0) is 19.1 Å². The van der Waals surface area contributed by atoms with Gasteiger partial charge in [0.1, 0.15) is 5.82 Å². The topological polar surface area (TPSA) is 84.5 Å². The number of carbonyl (C=O) groups is 3. The van der Waals surface area contributed by atoms with Crippen LogP contribution in [0, 0.1) is 5.82 Å². The largest absolute Gasteiger partial charge is 0.452 e. The summed E-state index contributed by atoms with van der Waals surface area (Å²) in [6, 6.07) is 5.35. The highest BCUT2D eigenvalue weighted by Gasteiger charge is 2.17. The molecule has 0 radical (unpaired) electrons. The van der Waals surface area contributed by atoms with Gasteiger partial charge in [-0.15, -0.1) is 18.3 Å². The predicted octanol–water partition coefficient (Wildman–Crippen LogP) is 1.73. The molecule has 0 heterocycles. The second-order valence-corrected chi connectivity index (χ2v) is 5.70. The van der Waals surface area contributed by atoms with Crippen LogP contribution in [-0.4, -0.2) is 41.9 Å². The molecule has 8 heteroatoms. The van der Waals surface area contributed by atoms with Gasteiger partial charge >= 0.3 is 5.97 Å². The fourth-order valence-electron chi connectivity index (χ4n) is 1.56. The molecule has 0 fully saturated rings. The summed E-state index contributed by atoms with van der Waals surface area (Å²) in [4.78, 5) is 34.8. The molecule has 1 atom stereocenters. The maximum absolute atomic E-state index is 12.7. The van der Waals surface area contributed by atoms with Crippen LogP contribution in [0.3, 0.4) is 0 Å². The van der Waals surface area contributed by atoms with E-state index in [1.54, 1.807) is 0 Å². The maximum Gasteiger partial charge on any atom is 0.316 e. The van der Waals surface area contributed by atoms with Crippen LogP contribution < -0.4 is 10.6 Å².